The number of carbonyl (C=O) groups excluding carboxylic acids is 1. The SMILES string of the molecule is COC(=O)[C@]12[C@@H](O)CC[C@]3(C)OC(C)(C)[C@H](C[C@H]1O[Si](C)(C)C(C)(C)C)C[C@]23O. The number of methoxy groups -OCH3 is 1. The van der Waals surface area contributed by atoms with Crippen molar-refractivity contribution in [2.75, 3.05) is 7.11 Å². The molecule has 0 unspecified atom stereocenters. The molecule has 3 rings (SSSR count). The van der Waals surface area contributed by atoms with Crippen LogP contribution in [-0.2, 0) is 18.7 Å². The van der Waals surface area contributed by atoms with E-state index in [2.05, 4.69) is 47.7 Å². The maximum Gasteiger partial charge on any atom is 0.320 e. The molecule has 0 aromatic carbocycles. The highest BCUT2D eigenvalue weighted by atomic mass is 28.4. The standard InChI is InChI=1S/C22H40O6Si/c1-18(2,3)29(8,9)27-16-12-14-13-21(25)20(6,28-19(14,4)5)11-10-15(23)22(16,21)17(24)26-7/h14-16,23,25H,10-13H2,1-9H3/t14-,15+,16-,20+,21-,22+/m1/s1. The Morgan fingerprint density at radius 2 is 1.79 bits per heavy atom. The molecule has 0 amide bonds. The van der Waals surface area contributed by atoms with E-state index in [0.717, 1.165) is 0 Å². The fourth-order valence-corrected chi connectivity index (χ4v) is 7.26. The number of aliphatic hydroxyl groups is 2. The summed E-state index contributed by atoms with van der Waals surface area (Å²) in [5, 5.41) is 23.4. The first-order chi connectivity index (χ1) is 13.0. The summed E-state index contributed by atoms with van der Waals surface area (Å²) in [6, 6.07) is 0. The van der Waals surface area contributed by atoms with Crippen LogP contribution in [0, 0.1) is 11.3 Å². The van der Waals surface area contributed by atoms with Crippen molar-refractivity contribution in [2.45, 2.75) is 114 Å². The molecule has 2 N–H and O–H groups in total. The normalized spacial score (nSPS) is 44.3. The number of rotatable bonds is 3. The van der Waals surface area contributed by atoms with Crippen molar-refractivity contribution in [2.24, 2.45) is 11.3 Å². The average molecular weight is 429 g/mol. The van der Waals surface area contributed by atoms with Gasteiger partial charge in [0, 0.05) is 0 Å². The van der Waals surface area contributed by atoms with Gasteiger partial charge in [-0.25, -0.2) is 0 Å². The lowest BCUT2D eigenvalue weighted by atomic mass is 9.44. The molecule has 1 heterocycles. The summed E-state index contributed by atoms with van der Waals surface area (Å²) in [5.41, 5.74) is -4.54. The predicted molar refractivity (Wildman–Crippen MR) is 113 cm³/mol. The van der Waals surface area contributed by atoms with Crippen molar-refractivity contribution in [1.82, 2.24) is 0 Å². The highest BCUT2D eigenvalue weighted by Gasteiger charge is 2.79. The van der Waals surface area contributed by atoms with E-state index in [0.29, 0.717) is 25.7 Å². The topological polar surface area (TPSA) is 85.2 Å². The first kappa shape index (κ1) is 23.2. The lowest BCUT2D eigenvalue weighted by Gasteiger charge is -2.70. The zero-order valence-electron chi connectivity index (χ0n) is 19.6. The highest BCUT2D eigenvalue weighted by molar-refractivity contribution is 6.74. The van der Waals surface area contributed by atoms with Crippen molar-refractivity contribution in [3.05, 3.63) is 0 Å². The zero-order chi connectivity index (χ0) is 22.3. The first-order valence-corrected chi connectivity index (χ1v) is 13.8. The maximum absolute atomic E-state index is 13.4. The summed E-state index contributed by atoms with van der Waals surface area (Å²) < 4.78 is 18.6. The Balaban J connectivity index is 2.23. The van der Waals surface area contributed by atoms with Gasteiger partial charge >= 0.3 is 5.97 Å². The van der Waals surface area contributed by atoms with Crippen LogP contribution in [0.25, 0.3) is 0 Å². The van der Waals surface area contributed by atoms with Gasteiger partial charge in [0.15, 0.2) is 8.32 Å². The Bertz CT molecular complexity index is 685. The Kier molecular flexibility index (Phi) is 5.21. The van der Waals surface area contributed by atoms with Crippen molar-refractivity contribution in [3.63, 3.8) is 0 Å². The Hall–Kier alpha value is -0.473. The minimum absolute atomic E-state index is 0.0124. The van der Waals surface area contributed by atoms with Crippen LogP contribution in [0.2, 0.25) is 18.1 Å². The summed E-state index contributed by atoms with van der Waals surface area (Å²) in [5.74, 6) is -0.581. The summed E-state index contributed by atoms with van der Waals surface area (Å²) in [6.45, 7) is 16.7. The van der Waals surface area contributed by atoms with Crippen LogP contribution in [0.15, 0.2) is 0 Å². The molecule has 0 aromatic rings. The van der Waals surface area contributed by atoms with E-state index in [-0.39, 0.29) is 11.0 Å². The van der Waals surface area contributed by atoms with Gasteiger partial charge in [0.1, 0.15) is 11.0 Å². The third-order valence-corrected chi connectivity index (χ3v) is 13.3. The third kappa shape index (κ3) is 2.91. The molecule has 1 saturated heterocycles. The minimum Gasteiger partial charge on any atom is -0.468 e. The maximum atomic E-state index is 13.4. The molecule has 1 aliphatic heterocycles. The second-order valence-electron chi connectivity index (χ2n) is 11.7. The Morgan fingerprint density at radius 1 is 1.21 bits per heavy atom. The van der Waals surface area contributed by atoms with Crippen LogP contribution >= 0.6 is 0 Å². The van der Waals surface area contributed by atoms with E-state index >= 15 is 0 Å². The molecule has 6 atom stereocenters. The molecule has 0 radical (unpaired) electrons. The number of fused-ring (bicyclic) bond motifs is 1. The number of hydrogen-bond donors (Lipinski definition) is 2. The molecule has 2 aliphatic carbocycles. The van der Waals surface area contributed by atoms with Crippen LogP contribution in [0.3, 0.4) is 0 Å². The summed E-state index contributed by atoms with van der Waals surface area (Å²) in [7, 11) is -0.984. The summed E-state index contributed by atoms with van der Waals surface area (Å²) in [6.07, 6.45) is 0.0913. The van der Waals surface area contributed by atoms with Crippen molar-refractivity contribution >= 4 is 14.3 Å². The van der Waals surface area contributed by atoms with E-state index in [4.69, 9.17) is 13.9 Å². The monoisotopic (exact) mass is 428 g/mol. The van der Waals surface area contributed by atoms with E-state index < -0.39 is 48.7 Å². The van der Waals surface area contributed by atoms with Gasteiger partial charge in [-0.15, -0.1) is 0 Å². The number of esters is 1. The Morgan fingerprint density at radius 3 is 2.31 bits per heavy atom. The minimum atomic E-state index is -2.31. The molecule has 0 spiro atoms. The van der Waals surface area contributed by atoms with Crippen LogP contribution in [0.4, 0.5) is 0 Å². The lowest BCUT2D eigenvalue weighted by molar-refractivity contribution is -0.375. The van der Waals surface area contributed by atoms with E-state index in [1.807, 2.05) is 6.92 Å². The van der Waals surface area contributed by atoms with Gasteiger partial charge in [0.05, 0.1) is 30.5 Å². The van der Waals surface area contributed by atoms with Crippen LogP contribution in [0.5, 0.6) is 0 Å². The second-order valence-corrected chi connectivity index (χ2v) is 16.5. The predicted octanol–water partition coefficient (Wildman–Crippen LogP) is 3.40. The third-order valence-electron chi connectivity index (χ3n) is 8.77. The van der Waals surface area contributed by atoms with Gasteiger partial charge in [0.25, 0.3) is 0 Å². The number of ether oxygens (including phenoxy) is 2. The van der Waals surface area contributed by atoms with Gasteiger partial charge in [-0.1, -0.05) is 20.8 Å². The molecule has 6 nitrogen and oxygen atoms in total. The molecule has 0 aromatic heterocycles. The van der Waals surface area contributed by atoms with E-state index in [9.17, 15) is 15.0 Å². The summed E-state index contributed by atoms with van der Waals surface area (Å²) >= 11 is 0. The highest BCUT2D eigenvalue weighted by Crippen LogP contribution is 2.66. The molecule has 29 heavy (non-hydrogen) atoms. The van der Waals surface area contributed by atoms with Crippen LogP contribution < -0.4 is 0 Å². The quantitative estimate of drug-likeness (QED) is 0.529. The molecule has 3 fully saturated rings. The first-order valence-electron chi connectivity index (χ1n) is 10.9. The smallest absolute Gasteiger partial charge is 0.320 e. The van der Waals surface area contributed by atoms with Crippen LogP contribution in [-0.4, -0.2) is 60.6 Å². The van der Waals surface area contributed by atoms with E-state index in [1.165, 1.54) is 7.11 Å². The summed E-state index contributed by atoms with van der Waals surface area (Å²) in [4.78, 5) is 13.4. The zero-order valence-corrected chi connectivity index (χ0v) is 20.6. The molecular formula is C22H40O6Si. The lowest BCUT2D eigenvalue weighted by Crippen LogP contribution is -2.83. The van der Waals surface area contributed by atoms with Crippen molar-refractivity contribution in [1.29, 1.82) is 0 Å². The average Bonchev–Trinajstić information content (AvgIpc) is 2.55. The van der Waals surface area contributed by atoms with E-state index in [1.54, 1.807) is 0 Å². The molecule has 168 valence electrons. The van der Waals surface area contributed by atoms with Gasteiger partial charge in [0.2, 0.25) is 0 Å². The Labute approximate surface area is 176 Å². The van der Waals surface area contributed by atoms with Crippen molar-refractivity contribution < 1.29 is 28.9 Å². The van der Waals surface area contributed by atoms with Crippen molar-refractivity contribution in [3.8, 4) is 0 Å². The number of hydrogen-bond acceptors (Lipinski definition) is 6. The van der Waals surface area contributed by atoms with Gasteiger partial charge in [-0.2, -0.15) is 0 Å². The van der Waals surface area contributed by atoms with Gasteiger partial charge < -0.3 is 24.1 Å². The second kappa shape index (κ2) is 6.51. The fourth-order valence-electron chi connectivity index (χ4n) is 5.92. The van der Waals surface area contributed by atoms with Gasteiger partial charge in [-0.3, -0.25) is 4.79 Å². The molecule has 3 aliphatic rings. The van der Waals surface area contributed by atoms with Crippen LogP contribution in [0.1, 0.15) is 67.2 Å². The molecular weight excluding hydrogens is 388 g/mol. The fraction of sp³-hybridized carbons (Fsp3) is 0.955. The largest absolute Gasteiger partial charge is 0.468 e. The number of aliphatic hydroxyl groups excluding tert-OH is 1. The number of carbonyl (C=O) groups is 1. The molecule has 7 heteroatoms. The molecule has 2 bridgehead atoms. The van der Waals surface area contributed by atoms with Gasteiger partial charge in [-0.05, 0) is 70.5 Å². The molecule has 2 saturated carbocycles.